The Bertz CT molecular complexity index is 402. The molecule has 0 saturated carbocycles. The first-order valence-electron chi connectivity index (χ1n) is 7.58. The zero-order chi connectivity index (χ0) is 15.8. The summed E-state index contributed by atoms with van der Waals surface area (Å²) in [6, 6.07) is 3.28. The van der Waals surface area contributed by atoms with Crippen molar-refractivity contribution in [1.82, 2.24) is 10.6 Å². The summed E-state index contributed by atoms with van der Waals surface area (Å²) in [4.78, 5) is 12.0. The van der Waals surface area contributed by atoms with Gasteiger partial charge in [0.2, 0.25) is 0 Å². The standard InChI is InChI=1S/C16H28N2O3/c1-11(2)9-20-10-14(15-7-6-8-21-15)18-16(19)17-13(5)12(3)4/h6-8,11-14H,9-10H2,1-5H3,(H2,17,18,19). The third-order valence-corrected chi connectivity index (χ3v) is 3.29. The lowest BCUT2D eigenvalue weighted by atomic mass is 10.1. The molecule has 21 heavy (non-hydrogen) atoms. The summed E-state index contributed by atoms with van der Waals surface area (Å²) in [7, 11) is 0. The summed E-state index contributed by atoms with van der Waals surface area (Å²) in [5.74, 6) is 1.54. The molecule has 0 radical (unpaired) electrons. The Morgan fingerprint density at radius 1 is 1.19 bits per heavy atom. The second-order valence-electron chi connectivity index (χ2n) is 6.15. The van der Waals surface area contributed by atoms with Crippen LogP contribution in [0.3, 0.4) is 0 Å². The first-order chi connectivity index (χ1) is 9.90. The maximum absolute atomic E-state index is 12.0. The van der Waals surface area contributed by atoms with Crippen LogP contribution in [-0.4, -0.2) is 25.3 Å². The second kappa shape index (κ2) is 8.72. The minimum Gasteiger partial charge on any atom is -0.467 e. The lowest BCUT2D eigenvalue weighted by Gasteiger charge is -2.22. The molecule has 0 fully saturated rings. The fourth-order valence-electron chi connectivity index (χ4n) is 1.68. The van der Waals surface area contributed by atoms with E-state index in [1.54, 1.807) is 12.3 Å². The van der Waals surface area contributed by atoms with Crippen molar-refractivity contribution in [3.05, 3.63) is 24.2 Å². The first-order valence-corrected chi connectivity index (χ1v) is 7.58. The lowest BCUT2D eigenvalue weighted by Crippen LogP contribution is -2.45. The summed E-state index contributed by atoms with van der Waals surface area (Å²) in [5, 5.41) is 5.83. The van der Waals surface area contributed by atoms with Gasteiger partial charge in [-0.25, -0.2) is 4.79 Å². The Balaban J connectivity index is 2.55. The van der Waals surface area contributed by atoms with E-state index >= 15 is 0 Å². The number of carbonyl (C=O) groups is 1. The molecule has 1 aromatic heterocycles. The summed E-state index contributed by atoms with van der Waals surface area (Å²) < 4.78 is 11.0. The molecule has 2 unspecified atom stereocenters. The molecule has 1 heterocycles. The van der Waals surface area contributed by atoms with Gasteiger partial charge >= 0.3 is 6.03 Å². The van der Waals surface area contributed by atoms with E-state index in [1.165, 1.54) is 0 Å². The van der Waals surface area contributed by atoms with Gasteiger partial charge in [0.05, 0.1) is 12.9 Å². The Morgan fingerprint density at radius 2 is 1.90 bits per heavy atom. The highest BCUT2D eigenvalue weighted by atomic mass is 16.5. The molecule has 1 rings (SSSR count). The van der Waals surface area contributed by atoms with Gasteiger partial charge in [-0.05, 0) is 30.9 Å². The molecule has 0 aliphatic carbocycles. The normalized spacial score (nSPS) is 14.2. The Hall–Kier alpha value is -1.49. The molecule has 120 valence electrons. The van der Waals surface area contributed by atoms with Gasteiger partial charge < -0.3 is 19.8 Å². The van der Waals surface area contributed by atoms with Crippen LogP contribution in [-0.2, 0) is 4.74 Å². The van der Waals surface area contributed by atoms with Crippen molar-refractivity contribution >= 4 is 6.03 Å². The maximum Gasteiger partial charge on any atom is 0.315 e. The number of urea groups is 1. The maximum atomic E-state index is 12.0. The van der Waals surface area contributed by atoms with Crippen LogP contribution in [0.1, 0.15) is 46.4 Å². The smallest absolute Gasteiger partial charge is 0.315 e. The Labute approximate surface area is 127 Å². The molecule has 5 heteroatoms. The van der Waals surface area contributed by atoms with E-state index in [-0.39, 0.29) is 18.1 Å². The fraction of sp³-hybridized carbons (Fsp3) is 0.688. The van der Waals surface area contributed by atoms with Crippen LogP contribution in [0.5, 0.6) is 0 Å². The van der Waals surface area contributed by atoms with E-state index in [9.17, 15) is 4.79 Å². The van der Waals surface area contributed by atoms with Gasteiger partial charge in [0, 0.05) is 12.6 Å². The number of hydrogen-bond acceptors (Lipinski definition) is 3. The minimum atomic E-state index is -0.280. The molecule has 0 bridgehead atoms. The zero-order valence-corrected chi connectivity index (χ0v) is 13.7. The van der Waals surface area contributed by atoms with Crippen molar-refractivity contribution in [2.75, 3.05) is 13.2 Å². The van der Waals surface area contributed by atoms with E-state index in [2.05, 4.69) is 38.3 Å². The van der Waals surface area contributed by atoms with E-state index < -0.39 is 0 Å². The molecule has 0 aliphatic heterocycles. The summed E-state index contributed by atoms with van der Waals surface area (Å²) in [6.07, 6.45) is 1.60. The fourth-order valence-corrected chi connectivity index (χ4v) is 1.68. The Morgan fingerprint density at radius 3 is 2.43 bits per heavy atom. The van der Waals surface area contributed by atoms with Gasteiger partial charge in [0.1, 0.15) is 11.8 Å². The lowest BCUT2D eigenvalue weighted by molar-refractivity contribution is 0.0866. The van der Waals surface area contributed by atoms with E-state index in [4.69, 9.17) is 9.15 Å². The average Bonchev–Trinajstić information content (AvgIpc) is 2.90. The van der Waals surface area contributed by atoms with Gasteiger partial charge in [0.25, 0.3) is 0 Å². The summed E-state index contributed by atoms with van der Waals surface area (Å²) >= 11 is 0. The van der Waals surface area contributed by atoms with Crippen LogP contribution >= 0.6 is 0 Å². The van der Waals surface area contributed by atoms with Gasteiger partial charge in [-0.3, -0.25) is 0 Å². The summed E-state index contributed by atoms with van der Waals surface area (Å²) in [6.45, 7) is 11.4. The van der Waals surface area contributed by atoms with Crippen molar-refractivity contribution in [3.63, 3.8) is 0 Å². The molecule has 0 spiro atoms. The molecule has 0 aliphatic rings. The number of furan rings is 1. The molecule has 0 aromatic carbocycles. The van der Waals surface area contributed by atoms with Crippen LogP contribution in [0.4, 0.5) is 4.79 Å². The monoisotopic (exact) mass is 296 g/mol. The third kappa shape index (κ3) is 6.67. The molecule has 5 nitrogen and oxygen atoms in total. The molecular formula is C16H28N2O3. The van der Waals surface area contributed by atoms with Crippen molar-refractivity contribution in [2.45, 2.75) is 46.7 Å². The van der Waals surface area contributed by atoms with E-state index in [0.717, 1.165) is 0 Å². The van der Waals surface area contributed by atoms with Gasteiger partial charge in [-0.1, -0.05) is 27.7 Å². The van der Waals surface area contributed by atoms with Crippen LogP contribution < -0.4 is 10.6 Å². The first kappa shape index (κ1) is 17.6. The van der Waals surface area contributed by atoms with Crippen LogP contribution in [0.15, 0.2) is 22.8 Å². The van der Waals surface area contributed by atoms with Gasteiger partial charge in [-0.15, -0.1) is 0 Å². The number of hydrogen-bond donors (Lipinski definition) is 2. The van der Waals surface area contributed by atoms with Crippen LogP contribution in [0.25, 0.3) is 0 Å². The largest absolute Gasteiger partial charge is 0.467 e. The highest BCUT2D eigenvalue weighted by Crippen LogP contribution is 2.14. The molecule has 2 N–H and O–H groups in total. The molecular weight excluding hydrogens is 268 g/mol. The molecule has 0 saturated heterocycles. The Kier molecular flexibility index (Phi) is 7.29. The van der Waals surface area contributed by atoms with Gasteiger partial charge in [-0.2, -0.15) is 0 Å². The topological polar surface area (TPSA) is 63.5 Å². The predicted molar refractivity (Wildman–Crippen MR) is 83.1 cm³/mol. The third-order valence-electron chi connectivity index (χ3n) is 3.29. The van der Waals surface area contributed by atoms with Crippen molar-refractivity contribution in [2.24, 2.45) is 11.8 Å². The minimum absolute atomic E-state index is 0.110. The number of carbonyl (C=O) groups excluding carboxylic acids is 1. The number of amides is 2. The molecule has 2 amide bonds. The van der Waals surface area contributed by atoms with Crippen LogP contribution in [0.2, 0.25) is 0 Å². The number of nitrogens with one attached hydrogen (secondary N) is 2. The quantitative estimate of drug-likeness (QED) is 0.773. The van der Waals surface area contributed by atoms with Crippen molar-refractivity contribution in [1.29, 1.82) is 0 Å². The summed E-state index contributed by atoms with van der Waals surface area (Å²) in [5.41, 5.74) is 0. The highest BCUT2D eigenvalue weighted by molar-refractivity contribution is 5.74. The van der Waals surface area contributed by atoms with E-state index in [1.807, 2.05) is 13.0 Å². The van der Waals surface area contributed by atoms with Crippen LogP contribution in [0, 0.1) is 11.8 Å². The average molecular weight is 296 g/mol. The van der Waals surface area contributed by atoms with Crippen molar-refractivity contribution < 1.29 is 13.9 Å². The second-order valence-corrected chi connectivity index (χ2v) is 6.15. The predicted octanol–water partition coefficient (Wildman–Crippen LogP) is 3.34. The van der Waals surface area contributed by atoms with Crippen molar-refractivity contribution in [3.8, 4) is 0 Å². The highest BCUT2D eigenvalue weighted by Gasteiger charge is 2.19. The van der Waals surface area contributed by atoms with Gasteiger partial charge in [0.15, 0.2) is 0 Å². The molecule has 1 aromatic rings. The zero-order valence-electron chi connectivity index (χ0n) is 13.7. The number of ether oxygens (including phenoxy) is 1. The molecule has 2 atom stereocenters. The SMILES string of the molecule is CC(C)COCC(NC(=O)NC(C)C(C)C)c1ccco1. The number of rotatable bonds is 8. The van der Waals surface area contributed by atoms with E-state index in [0.29, 0.717) is 30.8 Å².